The zero-order valence-electron chi connectivity index (χ0n) is 32.2. The highest BCUT2D eigenvalue weighted by molar-refractivity contribution is 6.05. The number of furan rings is 1. The molecule has 1 aromatic heterocycles. The molecule has 2 aliphatic carbocycles. The Morgan fingerprint density at radius 3 is 1.44 bits per heavy atom. The molecule has 0 bridgehead atoms. The predicted octanol–water partition coefficient (Wildman–Crippen LogP) is 15.2. The lowest BCUT2D eigenvalue weighted by molar-refractivity contribution is 0.507. The maximum absolute atomic E-state index is 7.01. The summed E-state index contributed by atoms with van der Waals surface area (Å²) in [5, 5.41) is 1.16. The van der Waals surface area contributed by atoms with Crippen LogP contribution in [0.15, 0.2) is 229 Å². The van der Waals surface area contributed by atoms with E-state index in [0.29, 0.717) is 0 Å². The molecule has 2 aliphatic rings. The standard InChI is InChI=1S/C57H37NO/c1-3-14-38(15-4-1)40-26-31-44(32-27-40)58(45-33-28-41(29-34-45)39-16-5-2-6-17-39)46-19-13-18-42(36-46)43-30-35-49-53(37-43)57(56-55(49)50-22-9-12-25-54(50)59-56)51-23-10-7-20-47(51)48-21-8-11-24-52(48)57/h1-37H. The summed E-state index contributed by atoms with van der Waals surface area (Å²) >= 11 is 0. The molecule has 0 saturated heterocycles. The van der Waals surface area contributed by atoms with Crippen LogP contribution in [0.3, 0.4) is 0 Å². The first-order chi connectivity index (χ1) is 29.3. The van der Waals surface area contributed by atoms with Crippen molar-refractivity contribution in [1.82, 2.24) is 0 Å². The fourth-order valence-corrected chi connectivity index (χ4v) is 9.86. The van der Waals surface area contributed by atoms with Gasteiger partial charge in [0.05, 0.1) is 0 Å². The van der Waals surface area contributed by atoms with Gasteiger partial charge >= 0.3 is 0 Å². The molecule has 10 aromatic rings. The second-order valence-corrected chi connectivity index (χ2v) is 15.6. The summed E-state index contributed by atoms with van der Waals surface area (Å²) in [6, 6.07) is 81.4. The van der Waals surface area contributed by atoms with Crippen molar-refractivity contribution < 1.29 is 4.42 Å². The van der Waals surface area contributed by atoms with Crippen LogP contribution in [0.5, 0.6) is 0 Å². The summed E-state index contributed by atoms with van der Waals surface area (Å²) in [4.78, 5) is 2.37. The number of hydrogen-bond donors (Lipinski definition) is 0. The maximum atomic E-state index is 7.01. The van der Waals surface area contributed by atoms with Gasteiger partial charge in [0.1, 0.15) is 16.8 Å². The fraction of sp³-hybridized carbons (Fsp3) is 0.0175. The quantitative estimate of drug-likeness (QED) is 0.168. The molecule has 1 heterocycles. The molecule has 0 radical (unpaired) electrons. The molecule has 2 heteroatoms. The molecular formula is C57H37NO. The second-order valence-electron chi connectivity index (χ2n) is 15.6. The first kappa shape index (κ1) is 33.5. The highest BCUT2D eigenvalue weighted by Gasteiger charge is 2.55. The lowest BCUT2D eigenvalue weighted by Crippen LogP contribution is -2.25. The van der Waals surface area contributed by atoms with Crippen LogP contribution in [0, 0.1) is 0 Å². The van der Waals surface area contributed by atoms with Crippen molar-refractivity contribution in [1.29, 1.82) is 0 Å². The Balaban J connectivity index is 1.02. The van der Waals surface area contributed by atoms with Gasteiger partial charge in [0.2, 0.25) is 0 Å². The van der Waals surface area contributed by atoms with Crippen LogP contribution in [0.1, 0.15) is 22.5 Å². The van der Waals surface area contributed by atoms with Crippen molar-refractivity contribution in [2.75, 3.05) is 4.90 Å². The Bertz CT molecular complexity index is 3070. The minimum Gasteiger partial charge on any atom is -0.459 e. The van der Waals surface area contributed by atoms with Crippen molar-refractivity contribution in [3.8, 4) is 55.6 Å². The summed E-state index contributed by atoms with van der Waals surface area (Å²) in [5.74, 6) is 1.01. The molecule has 2 nitrogen and oxygen atoms in total. The van der Waals surface area contributed by atoms with Gasteiger partial charge in [0, 0.05) is 28.0 Å². The molecule has 0 fully saturated rings. The Labute approximate surface area is 343 Å². The molecule has 0 amide bonds. The van der Waals surface area contributed by atoms with E-state index in [1.54, 1.807) is 0 Å². The van der Waals surface area contributed by atoms with Crippen LogP contribution in [0.4, 0.5) is 17.1 Å². The first-order valence-corrected chi connectivity index (χ1v) is 20.3. The highest BCUT2D eigenvalue weighted by atomic mass is 16.3. The fourth-order valence-electron chi connectivity index (χ4n) is 9.86. The van der Waals surface area contributed by atoms with Crippen LogP contribution in [0.2, 0.25) is 0 Å². The third kappa shape index (κ3) is 5.06. The number of fused-ring (bicyclic) bond motifs is 12. The zero-order chi connectivity index (χ0) is 38.9. The lowest BCUT2D eigenvalue weighted by atomic mass is 9.72. The van der Waals surface area contributed by atoms with E-state index in [-0.39, 0.29) is 0 Å². The molecule has 9 aromatic carbocycles. The number of para-hydroxylation sites is 1. The van der Waals surface area contributed by atoms with E-state index >= 15 is 0 Å². The van der Waals surface area contributed by atoms with Crippen molar-refractivity contribution in [2.45, 2.75) is 5.41 Å². The largest absolute Gasteiger partial charge is 0.459 e. The van der Waals surface area contributed by atoms with Gasteiger partial charge in [-0.15, -0.1) is 0 Å². The van der Waals surface area contributed by atoms with E-state index in [4.69, 9.17) is 4.42 Å². The van der Waals surface area contributed by atoms with Crippen LogP contribution in [0.25, 0.3) is 66.6 Å². The average Bonchev–Trinajstić information content (AvgIpc) is 3.94. The number of rotatable bonds is 6. The smallest absolute Gasteiger partial charge is 0.135 e. The van der Waals surface area contributed by atoms with Gasteiger partial charge in [-0.1, -0.05) is 176 Å². The van der Waals surface area contributed by atoms with Gasteiger partial charge in [-0.3, -0.25) is 0 Å². The third-order valence-electron chi connectivity index (χ3n) is 12.5. The predicted molar refractivity (Wildman–Crippen MR) is 244 cm³/mol. The summed E-state index contributed by atoms with van der Waals surface area (Å²) in [5.41, 5.74) is 19.5. The van der Waals surface area contributed by atoms with E-state index in [0.717, 1.165) is 39.4 Å². The van der Waals surface area contributed by atoms with Crippen molar-refractivity contribution in [2.24, 2.45) is 0 Å². The van der Waals surface area contributed by atoms with Crippen molar-refractivity contribution >= 4 is 28.0 Å². The Hall–Kier alpha value is -7.68. The Kier molecular flexibility index (Phi) is 7.48. The lowest BCUT2D eigenvalue weighted by Gasteiger charge is -2.29. The van der Waals surface area contributed by atoms with Crippen molar-refractivity contribution in [3.05, 3.63) is 247 Å². The molecule has 276 valence electrons. The number of hydrogen-bond acceptors (Lipinski definition) is 2. The molecule has 0 atom stereocenters. The van der Waals surface area contributed by atoms with Crippen molar-refractivity contribution in [3.63, 3.8) is 0 Å². The molecule has 12 rings (SSSR count). The molecule has 0 aliphatic heterocycles. The minimum atomic E-state index is -0.572. The van der Waals surface area contributed by atoms with Crippen LogP contribution >= 0.6 is 0 Å². The van der Waals surface area contributed by atoms with Gasteiger partial charge in [0.25, 0.3) is 0 Å². The second kappa shape index (κ2) is 13.2. The Morgan fingerprint density at radius 2 is 0.814 bits per heavy atom. The summed E-state index contributed by atoms with van der Waals surface area (Å²) in [7, 11) is 0. The van der Waals surface area contributed by atoms with E-state index in [1.165, 1.54) is 66.8 Å². The van der Waals surface area contributed by atoms with E-state index in [2.05, 4.69) is 229 Å². The number of nitrogens with zero attached hydrogens (tertiary/aromatic N) is 1. The molecule has 59 heavy (non-hydrogen) atoms. The number of anilines is 3. The van der Waals surface area contributed by atoms with E-state index < -0.39 is 5.41 Å². The third-order valence-corrected chi connectivity index (χ3v) is 12.5. The van der Waals surface area contributed by atoms with Crippen LogP contribution in [-0.2, 0) is 5.41 Å². The zero-order valence-corrected chi connectivity index (χ0v) is 32.2. The molecular weight excluding hydrogens is 715 g/mol. The molecule has 1 spiro atoms. The first-order valence-electron chi connectivity index (χ1n) is 20.3. The van der Waals surface area contributed by atoms with Crippen LogP contribution < -0.4 is 4.90 Å². The summed E-state index contributed by atoms with van der Waals surface area (Å²) < 4.78 is 7.01. The average molecular weight is 752 g/mol. The normalized spacial score (nSPS) is 12.9. The van der Waals surface area contributed by atoms with Gasteiger partial charge < -0.3 is 9.32 Å². The van der Waals surface area contributed by atoms with E-state index in [9.17, 15) is 0 Å². The maximum Gasteiger partial charge on any atom is 0.135 e. The minimum absolute atomic E-state index is 0.572. The van der Waals surface area contributed by atoms with Gasteiger partial charge in [-0.25, -0.2) is 0 Å². The molecule has 0 N–H and O–H groups in total. The van der Waals surface area contributed by atoms with E-state index in [1.807, 2.05) is 0 Å². The topological polar surface area (TPSA) is 16.4 Å². The van der Waals surface area contributed by atoms with Gasteiger partial charge in [-0.05, 0) is 115 Å². The molecule has 0 unspecified atom stereocenters. The summed E-state index contributed by atoms with van der Waals surface area (Å²) in [6.07, 6.45) is 0. The van der Waals surface area contributed by atoms with Gasteiger partial charge in [0.15, 0.2) is 0 Å². The number of benzene rings is 9. The van der Waals surface area contributed by atoms with Gasteiger partial charge in [-0.2, -0.15) is 0 Å². The molecule has 0 saturated carbocycles. The van der Waals surface area contributed by atoms with Crippen LogP contribution in [-0.4, -0.2) is 0 Å². The Morgan fingerprint density at radius 1 is 0.322 bits per heavy atom. The summed E-state index contributed by atoms with van der Waals surface area (Å²) in [6.45, 7) is 0. The highest BCUT2D eigenvalue weighted by Crippen LogP contribution is 2.64. The SMILES string of the molecule is c1ccc(-c2ccc(N(c3ccc(-c4ccccc4)cc3)c3cccc(-c4ccc5c(c4)C4(c6ccccc6-c6ccccc64)c4oc6ccccc6c4-5)c3)cc2)cc1. The monoisotopic (exact) mass is 751 g/mol.